The first-order valence-electron chi connectivity index (χ1n) is 20.3. The molecule has 3 aliphatic rings. The van der Waals surface area contributed by atoms with Gasteiger partial charge in [-0.2, -0.15) is 5.48 Å². The van der Waals surface area contributed by atoms with Gasteiger partial charge in [0, 0.05) is 47.2 Å². The lowest BCUT2D eigenvalue weighted by molar-refractivity contribution is -0.141. The number of anilines is 1. The summed E-state index contributed by atoms with van der Waals surface area (Å²) in [5.41, 5.74) is 4.38. The van der Waals surface area contributed by atoms with Crippen molar-refractivity contribution < 1.29 is 33.4 Å². The minimum absolute atomic E-state index is 0.146. The van der Waals surface area contributed by atoms with Crippen LogP contribution in [0.3, 0.4) is 0 Å². The Hall–Kier alpha value is -6.56. The number of carbonyl (C=O) groups is 3. The number of fused-ring (bicyclic) bond motifs is 3. The number of aromatic nitrogens is 1. The van der Waals surface area contributed by atoms with Crippen LogP contribution in [-0.2, 0) is 14.4 Å². The molecule has 59 heavy (non-hydrogen) atoms. The van der Waals surface area contributed by atoms with Gasteiger partial charge in [0.15, 0.2) is 5.75 Å². The molecule has 0 bridgehead atoms. The van der Waals surface area contributed by atoms with Crippen molar-refractivity contribution >= 4 is 34.3 Å². The average molecular weight is 796 g/mol. The van der Waals surface area contributed by atoms with Gasteiger partial charge in [-0.25, -0.2) is 4.98 Å². The van der Waals surface area contributed by atoms with Crippen LogP contribution in [0, 0.1) is 5.92 Å². The molecule has 0 spiro atoms. The number of hydroxylamine groups is 1. The molecule has 5 atom stereocenters. The number of rotatable bonds is 10. The fraction of sp³-hybridized carbons (Fsp3) is 0.319. The Labute approximate surface area is 343 Å². The van der Waals surface area contributed by atoms with Crippen LogP contribution in [-0.4, -0.2) is 72.1 Å². The number of carbonyl (C=O) groups excluding carboxylic acids is 3. The molecule has 12 heteroatoms. The van der Waals surface area contributed by atoms with E-state index in [1.54, 1.807) is 31.3 Å². The fourth-order valence-electron chi connectivity index (χ4n) is 8.10. The van der Waals surface area contributed by atoms with Crippen molar-refractivity contribution in [1.29, 1.82) is 0 Å². The maximum Gasteiger partial charge on any atom is 0.278 e. The van der Waals surface area contributed by atoms with E-state index in [4.69, 9.17) is 24.0 Å². The van der Waals surface area contributed by atoms with Crippen molar-refractivity contribution in [3.63, 3.8) is 0 Å². The highest BCUT2D eigenvalue weighted by atomic mass is 16.7. The third-order valence-electron chi connectivity index (χ3n) is 11.4. The molecule has 2 aliphatic heterocycles. The van der Waals surface area contributed by atoms with Gasteiger partial charge >= 0.3 is 0 Å². The third-order valence-corrected chi connectivity index (χ3v) is 11.4. The molecule has 1 saturated heterocycles. The van der Waals surface area contributed by atoms with Gasteiger partial charge in [0.1, 0.15) is 41.0 Å². The summed E-state index contributed by atoms with van der Waals surface area (Å²) in [6.45, 7) is 0.146. The molecular weight excluding hydrogens is 747 g/mol. The topological polar surface area (TPSA) is 140 Å². The number of para-hydroxylation sites is 1. The van der Waals surface area contributed by atoms with Crippen molar-refractivity contribution in [3.8, 4) is 34.3 Å². The Kier molecular flexibility index (Phi) is 11.7. The standard InChI is InChI=1S/C47H49N5O7/c1-56-35-21-14-18-33(25-35)48-39-22-13-5-3-4-10-17-32-29-47(32,46(55)51-59-34-19-11-7-12-20-34)50-44(53)42-27-37(30-52(42)45(39)54)58-43-28-40(31-15-8-6-9-16-31)49-41-26-36(57-2)23-24-38(41)43/h6-12,14-21,23-26,28,32,37,39,42,48H,3-5,13,22,27,29-30H2,1-2H3,(H,50,53)(H,51,55)/b17-10-/t32-,37-,39+,42+,47-/m1/s1. The van der Waals surface area contributed by atoms with Crippen LogP contribution in [0.4, 0.5) is 5.69 Å². The zero-order valence-corrected chi connectivity index (χ0v) is 33.3. The van der Waals surface area contributed by atoms with E-state index in [9.17, 15) is 14.4 Å². The number of amides is 3. The first-order valence-corrected chi connectivity index (χ1v) is 20.3. The second-order valence-corrected chi connectivity index (χ2v) is 15.3. The van der Waals surface area contributed by atoms with E-state index in [1.165, 1.54) is 0 Å². The average Bonchev–Trinajstić information content (AvgIpc) is 3.80. The van der Waals surface area contributed by atoms with Gasteiger partial charge in [-0.1, -0.05) is 79.6 Å². The lowest BCUT2D eigenvalue weighted by Gasteiger charge is -2.30. The predicted molar refractivity (Wildman–Crippen MR) is 225 cm³/mol. The van der Waals surface area contributed by atoms with Crippen molar-refractivity contribution in [2.45, 2.75) is 68.7 Å². The molecule has 3 heterocycles. The maximum absolute atomic E-state index is 14.9. The quantitative estimate of drug-likeness (QED) is 0.0985. The minimum atomic E-state index is -1.25. The van der Waals surface area contributed by atoms with Crippen LogP contribution in [0.5, 0.6) is 23.0 Å². The molecule has 2 fully saturated rings. The summed E-state index contributed by atoms with van der Waals surface area (Å²) >= 11 is 0. The van der Waals surface area contributed by atoms with Crippen molar-refractivity contribution in [2.24, 2.45) is 5.92 Å². The van der Waals surface area contributed by atoms with E-state index in [-0.39, 0.29) is 24.8 Å². The van der Waals surface area contributed by atoms with Gasteiger partial charge in [0.2, 0.25) is 11.8 Å². The molecule has 0 radical (unpaired) electrons. The van der Waals surface area contributed by atoms with Gasteiger partial charge < -0.3 is 34.6 Å². The van der Waals surface area contributed by atoms with E-state index >= 15 is 0 Å². The Morgan fingerprint density at radius 2 is 1.61 bits per heavy atom. The second kappa shape index (κ2) is 17.5. The van der Waals surface area contributed by atoms with Crippen molar-refractivity contribution in [3.05, 3.63) is 121 Å². The number of nitrogens with zero attached hydrogens (tertiary/aromatic N) is 2. The third kappa shape index (κ3) is 8.81. The number of benzene rings is 4. The molecule has 3 amide bonds. The maximum atomic E-state index is 14.9. The normalized spacial score (nSPS) is 23.7. The molecule has 3 N–H and O–H groups in total. The summed E-state index contributed by atoms with van der Waals surface area (Å²) in [6, 6.07) is 32.2. The van der Waals surface area contributed by atoms with Gasteiger partial charge in [-0.3, -0.25) is 14.4 Å². The largest absolute Gasteiger partial charge is 0.497 e. The Balaban J connectivity index is 1.13. The molecule has 8 rings (SSSR count). The molecule has 0 unspecified atom stereocenters. The van der Waals surface area contributed by atoms with Gasteiger partial charge in [0.05, 0.1) is 32.0 Å². The molecule has 12 nitrogen and oxygen atoms in total. The predicted octanol–water partition coefficient (Wildman–Crippen LogP) is 7.25. The van der Waals surface area contributed by atoms with E-state index in [0.717, 1.165) is 42.3 Å². The number of nitrogens with one attached hydrogen (secondary N) is 3. The summed E-state index contributed by atoms with van der Waals surface area (Å²) in [7, 11) is 3.22. The van der Waals surface area contributed by atoms with E-state index in [2.05, 4.69) is 22.2 Å². The molecule has 1 aromatic heterocycles. The van der Waals surface area contributed by atoms with E-state index < -0.39 is 35.5 Å². The number of allylic oxidation sites excluding steroid dienone is 1. The summed E-state index contributed by atoms with van der Waals surface area (Å²) in [5, 5.41) is 7.34. The minimum Gasteiger partial charge on any atom is -0.497 e. The zero-order chi connectivity index (χ0) is 40.8. The fourth-order valence-corrected chi connectivity index (χ4v) is 8.10. The number of ether oxygens (including phenoxy) is 3. The van der Waals surface area contributed by atoms with Crippen LogP contribution in [0.25, 0.3) is 22.2 Å². The first kappa shape index (κ1) is 39.3. The van der Waals surface area contributed by atoms with Crippen LogP contribution in [0.15, 0.2) is 121 Å². The van der Waals surface area contributed by atoms with Crippen LogP contribution >= 0.6 is 0 Å². The molecule has 304 valence electrons. The van der Waals surface area contributed by atoms with Crippen LogP contribution in [0.1, 0.15) is 44.9 Å². The molecule has 1 aliphatic carbocycles. The summed E-state index contributed by atoms with van der Waals surface area (Å²) < 4.78 is 17.8. The molecular formula is C47H49N5O7. The second-order valence-electron chi connectivity index (χ2n) is 15.3. The smallest absolute Gasteiger partial charge is 0.278 e. The number of methoxy groups -OCH3 is 2. The number of hydrogen-bond donors (Lipinski definition) is 3. The van der Waals surface area contributed by atoms with Crippen LogP contribution < -0.4 is 35.2 Å². The Morgan fingerprint density at radius 1 is 0.847 bits per heavy atom. The lowest BCUT2D eigenvalue weighted by atomic mass is 10.0. The lowest BCUT2D eigenvalue weighted by Crippen LogP contribution is -2.57. The number of hydrogen-bond acceptors (Lipinski definition) is 9. The number of pyridine rings is 1. The van der Waals surface area contributed by atoms with Gasteiger partial charge in [-0.15, -0.1) is 0 Å². The highest BCUT2D eigenvalue weighted by Gasteiger charge is 2.61. The SMILES string of the molecule is COc1cccc(N[C@H]2CCCCC/C=C\[C@@H]3C[C@@]3(C(=O)NOc3ccccc3)NC(=O)[C@@H]3C[C@@H](Oc4cc(-c5ccccc5)nc5cc(OC)ccc45)CN3C2=O)c1. The Bertz CT molecular complexity index is 2320. The highest BCUT2D eigenvalue weighted by molar-refractivity contribution is 5.98. The van der Waals surface area contributed by atoms with Gasteiger partial charge in [-0.05, 0) is 62.1 Å². The Morgan fingerprint density at radius 3 is 2.41 bits per heavy atom. The van der Waals surface area contributed by atoms with Crippen molar-refractivity contribution in [2.75, 3.05) is 26.1 Å². The zero-order valence-electron chi connectivity index (χ0n) is 33.3. The first-order chi connectivity index (χ1) is 28.8. The van der Waals surface area contributed by atoms with E-state index in [0.29, 0.717) is 47.1 Å². The molecule has 1 saturated carbocycles. The summed E-state index contributed by atoms with van der Waals surface area (Å²) in [6.07, 6.45) is 8.14. The van der Waals surface area contributed by atoms with E-state index in [1.807, 2.05) is 103 Å². The van der Waals surface area contributed by atoms with Crippen LogP contribution in [0.2, 0.25) is 0 Å². The van der Waals surface area contributed by atoms with Gasteiger partial charge in [0.25, 0.3) is 5.91 Å². The molecule has 4 aromatic carbocycles. The monoisotopic (exact) mass is 795 g/mol. The highest BCUT2D eigenvalue weighted by Crippen LogP contribution is 2.46. The summed E-state index contributed by atoms with van der Waals surface area (Å²) in [4.78, 5) is 55.8. The summed E-state index contributed by atoms with van der Waals surface area (Å²) in [5.74, 6) is 1.01. The van der Waals surface area contributed by atoms with Crippen molar-refractivity contribution in [1.82, 2.24) is 20.7 Å². The molecule has 5 aromatic rings.